The van der Waals surface area contributed by atoms with Gasteiger partial charge in [-0.3, -0.25) is 43.3 Å². The molecule has 12 rings (SSSR count). The zero-order chi connectivity index (χ0) is 73.9. The van der Waals surface area contributed by atoms with Crippen molar-refractivity contribution in [3.05, 3.63) is 36.5 Å². The number of aliphatic hydroxyl groups is 6. The van der Waals surface area contributed by atoms with E-state index in [0.717, 1.165) is 0 Å². The summed E-state index contributed by atoms with van der Waals surface area (Å²) >= 11 is 0. The van der Waals surface area contributed by atoms with Crippen LogP contribution >= 0.6 is 22.8 Å². The Hall–Kier alpha value is -6.81. The number of hydrogen-bond donors (Lipinski definition) is 18. The normalized spacial score (nSPS) is 28.4. The molecule has 1 unspecified atom stereocenters. The van der Waals surface area contributed by atoms with Crippen molar-refractivity contribution in [1.82, 2.24) is 74.5 Å². The number of rotatable bonds is 24. The molecule has 6 fully saturated rings. The van der Waals surface area contributed by atoms with Gasteiger partial charge in [0.2, 0.25) is 0 Å². The number of aliphatic hydroxyl groups excluding tert-OH is 6. The van der Waals surface area contributed by atoms with Crippen molar-refractivity contribution < 1.29 is 145 Å². The average molecular weight is 1510 g/mol. The molecule has 21 N–H and O–H groups in total. The third-order valence-electron chi connectivity index (χ3n) is 15.7. The van der Waals surface area contributed by atoms with Crippen molar-refractivity contribution >= 4 is 91.6 Å². The Balaban J connectivity index is 0.000000165. The predicted molar refractivity (Wildman–Crippen MR) is 332 cm³/mol. The number of esters is 3. The number of carbonyl (C=O) groups excluding carboxylic acids is 3. The van der Waals surface area contributed by atoms with E-state index in [4.69, 9.17) is 59.8 Å². The molecule has 0 spiro atoms. The summed E-state index contributed by atoms with van der Waals surface area (Å²) < 4.78 is 102. The fourth-order valence-corrected chi connectivity index (χ4v) is 12.8. The van der Waals surface area contributed by atoms with Gasteiger partial charge < -0.3 is 134 Å². The topological polar surface area (TPSA) is 701 Å². The molecule has 51 heteroatoms. The standard InChI is InChI=1S/3C17H25N6O10P/c3*1-2-30-16(26)17(34(27,28)29)32-5-7-9(24)10(25)15(33-7)23-6-20-8-11(18)21-12(22-13(8)23)14-19-3-4-31-14/h3*6-7,9-10,14-15,17,19,24-25H,2-5H2,1H3,(H2,18,21,22)(H2,27,28,29)/t7-,9-,10-,14?,15-,17+;7-,9-,10-,14+,15-,17-;7-,9-,10-,14-,15-,17-/m111/s1. The van der Waals surface area contributed by atoms with Gasteiger partial charge in [-0.15, -0.1) is 0 Å². The van der Waals surface area contributed by atoms with Crippen LogP contribution in [-0.2, 0) is 84.9 Å². The first-order valence-electron chi connectivity index (χ1n) is 30.9. The second-order valence-electron chi connectivity index (χ2n) is 22.7. The Bertz CT molecular complexity index is 3670. The van der Waals surface area contributed by atoms with Crippen LogP contribution in [0.1, 0.15) is 75.6 Å². The van der Waals surface area contributed by atoms with Gasteiger partial charge in [0.05, 0.1) is 78.4 Å². The van der Waals surface area contributed by atoms with Crippen LogP contribution in [0.4, 0.5) is 17.5 Å². The smallest absolute Gasteiger partial charge is 0.365 e. The molecule has 6 saturated heterocycles. The number of nitrogens with two attached hydrogens (primary N) is 3. The Kier molecular flexibility index (Phi) is 24.9. The number of nitrogen functional groups attached to an aromatic ring is 3. The molecule has 0 bridgehead atoms. The molecule has 18 atom stereocenters. The summed E-state index contributed by atoms with van der Waals surface area (Å²) in [5.41, 5.74) is 19.3. The number of aromatic nitrogens is 12. The summed E-state index contributed by atoms with van der Waals surface area (Å²) in [5.74, 6) is -9.44. The molecular weight excluding hydrogens is 1440 g/mol. The van der Waals surface area contributed by atoms with Crippen molar-refractivity contribution in [3.63, 3.8) is 0 Å². The number of carbonyl (C=O) groups is 3. The number of imidazole rings is 3. The minimum atomic E-state index is -5.03. The molecule has 0 saturated carbocycles. The third kappa shape index (κ3) is 17.1. The quantitative estimate of drug-likeness (QED) is 0.0152. The molecule has 0 aromatic carbocycles. The lowest BCUT2D eigenvalue weighted by Crippen LogP contribution is -2.36. The zero-order valence-corrected chi connectivity index (χ0v) is 56.4. The van der Waals surface area contributed by atoms with E-state index in [9.17, 15) is 88.1 Å². The molecule has 12 heterocycles. The monoisotopic (exact) mass is 1510 g/mol. The van der Waals surface area contributed by atoms with E-state index in [1.807, 2.05) is 0 Å². The van der Waals surface area contributed by atoms with Crippen LogP contribution in [-0.4, -0.2) is 288 Å². The van der Waals surface area contributed by atoms with Gasteiger partial charge >= 0.3 is 40.7 Å². The van der Waals surface area contributed by atoms with E-state index in [-0.39, 0.29) is 88.2 Å². The number of anilines is 3. The van der Waals surface area contributed by atoms with E-state index in [1.165, 1.54) is 53.5 Å². The Morgan fingerprint density at radius 1 is 0.461 bits per heavy atom. The summed E-state index contributed by atoms with van der Waals surface area (Å²) in [6.07, 6.45) is -14.3. The maximum atomic E-state index is 11.9. The molecule has 6 aliphatic heterocycles. The molecule has 48 nitrogen and oxygen atoms in total. The lowest BCUT2D eigenvalue weighted by molar-refractivity contribution is -0.156. The van der Waals surface area contributed by atoms with Gasteiger partial charge in [-0.2, -0.15) is 0 Å². The highest BCUT2D eigenvalue weighted by Crippen LogP contribution is 2.46. The molecule has 564 valence electrons. The highest BCUT2D eigenvalue weighted by atomic mass is 31.2. The molecule has 6 aliphatic rings. The second kappa shape index (κ2) is 32.7. The Labute approximate surface area is 572 Å². The van der Waals surface area contributed by atoms with E-state index in [1.54, 1.807) is 0 Å². The SMILES string of the molecule is CCOC(=O)[C@@H](OC[C@H]1O[C@@H](n2cnc3c(N)nc(C4NCCO4)nc32)[C@H](O)[C@@H]1O)P(=O)(O)O.CCOC(=O)[C@H](OC[C@H]1O[C@@H](n2cnc3c(N)nc([C@@H]4NCCO4)nc32)[C@H](O)[C@@H]1O)P(=O)(O)O.CCOC(=O)[C@H](OC[C@H]1O[C@@H](n2cnc3c(N)nc([C@H]4NCCO4)nc32)[C@H](O)[C@@H]1O)P(=O)(O)O. The van der Waals surface area contributed by atoms with Crippen LogP contribution in [0.3, 0.4) is 0 Å². The van der Waals surface area contributed by atoms with Crippen molar-refractivity contribution in [1.29, 1.82) is 0 Å². The summed E-state index contributed by atoms with van der Waals surface area (Å²) in [4.78, 5) is 130. The van der Waals surface area contributed by atoms with Crippen molar-refractivity contribution in [2.24, 2.45) is 0 Å². The molecule has 6 aromatic heterocycles. The fraction of sp³-hybridized carbons (Fsp3) is 0.647. The lowest BCUT2D eigenvalue weighted by atomic mass is 10.1. The van der Waals surface area contributed by atoms with Crippen LogP contribution in [0.2, 0.25) is 0 Å². The van der Waals surface area contributed by atoms with Crippen LogP contribution in [0.25, 0.3) is 33.5 Å². The van der Waals surface area contributed by atoms with Gasteiger partial charge in [-0.1, -0.05) is 0 Å². The van der Waals surface area contributed by atoms with Crippen LogP contribution in [0, 0.1) is 0 Å². The van der Waals surface area contributed by atoms with E-state index in [2.05, 4.69) is 75.0 Å². The largest absolute Gasteiger partial charge is 0.464 e. The summed E-state index contributed by atoms with van der Waals surface area (Å²) in [6.45, 7) is 5.34. The molecule has 6 aromatic rings. The number of fused-ring (bicyclic) bond motifs is 3. The predicted octanol–water partition coefficient (Wildman–Crippen LogP) is -6.81. The molecule has 0 amide bonds. The van der Waals surface area contributed by atoms with E-state index >= 15 is 0 Å². The number of ether oxygens (including phenoxy) is 12. The third-order valence-corrected chi connectivity index (χ3v) is 18.6. The van der Waals surface area contributed by atoms with E-state index < -0.39 is 170 Å². The minimum absolute atomic E-state index is 0.0721. The summed E-state index contributed by atoms with van der Waals surface area (Å²) in [5, 5.41) is 72.3. The molecular formula is C51H75N18O30P3. The average Bonchev–Trinajstić information content (AvgIpc) is 1.62. The minimum Gasteiger partial charge on any atom is -0.464 e. The number of nitrogens with zero attached hydrogens (tertiary/aromatic N) is 12. The molecule has 0 aliphatic carbocycles. The Morgan fingerprint density at radius 2 is 0.716 bits per heavy atom. The highest BCUT2D eigenvalue weighted by molar-refractivity contribution is 7.54. The van der Waals surface area contributed by atoms with Gasteiger partial charge in [-0.05, 0) is 20.8 Å². The maximum Gasteiger partial charge on any atom is 0.365 e. The van der Waals surface area contributed by atoms with E-state index in [0.29, 0.717) is 39.5 Å². The summed E-state index contributed by atoms with van der Waals surface area (Å²) in [7, 11) is -15.1. The van der Waals surface area contributed by atoms with Crippen LogP contribution in [0.15, 0.2) is 19.0 Å². The van der Waals surface area contributed by atoms with Gasteiger partial charge in [-0.25, -0.2) is 59.2 Å². The van der Waals surface area contributed by atoms with Crippen molar-refractivity contribution in [2.45, 2.75) is 131 Å². The van der Waals surface area contributed by atoms with Crippen molar-refractivity contribution in [3.8, 4) is 0 Å². The van der Waals surface area contributed by atoms with Crippen LogP contribution in [0.5, 0.6) is 0 Å². The second-order valence-corrected chi connectivity index (χ2v) is 27.6. The molecule has 102 heavy (non-hydrogen) atoms. The first-order valence-corrected chi connectivity index (χ1v) is 36.0. The van der Waals surface area contributed by atoms with Gasteiger partial charge in [0, 0.05) is 19.6 Å². The fourth-order valence-electron chi connectivity index (χ4n) is 10.9. The van der Waals surface area contributed by atoms with Gasteiger partial charge in [0.25, 0.3) is 17.5 Å². The molecule has 0 radical (unpaired) electrons. The first kappa shape index (κ1) is 77.8. The van der Waals surface area contributed by atoms with Gasteiger partial charge in [0.15, 0.2) is 89.2 Å². The van der Waals surface area contributed by atoms with Gasteiger partial charge in [0.1, 0.15) is 71.5 Å². The van der Waals surface area contributed by atoms with Crippen molar-refractivity contribution in [2.75, 3.05) is 96.3 Å². The summed E-state index contributed by atoms with van der Waals surface area (Å²) in [6, 6.07) is 0. The number of hydrogen-bond acceptors (Lipinski definition) is 39. The Morgan fingerprint density at radius 3 is 0.931 bits per heavy atom. The first-order chi connectivity index (χ1) is 48.3. The maximum absolute atomic E-state index is 11.9. The lowest BCUT2D eigenvalue weighted by Gasteiger charge is -2.21. The number of nitrogens with one attached hydrogen (secondary N) is 3. The highest BCUT2D eigenvalue weighted by Gasteiger charge is 2.51. The zero-order valence-electron chi connectivity index (χ0n) is 53.8. The van der Waals surface area contributed by atoms with Crippen LogP contribution < -0.4 is 33.2 Å².